The zero-order valence-corrected chi connectivity index (χ0v) is 10.0. The molecule has 14 heavy (non-hydrogen) atoms. The Kier molecular flexibility index (Phi) is 2.93. The van der Waals surface area contributed by atoms with Gasteiger partial charge in [0.15, 0.2) is 0 Å². The molecule has 1 unspecified atom stereocenters. The second kappa shape index (κ2) is 4.19. The minimum atomic E-state index is 0.394. The number of benzene rings is 1. The number of alkyl halides is 1. The number of aromatic nitrogens is 2. The summed E-state index contributed by atoms with van der Waals surface area (Å²) in [6.07, 6.45) is 0. The Hall–Kier alpha value is -0.740. The van der Waals surface area contributed by atoms with Crippen molar-refractivity contribution in [1.29, 1.82) is 0 Å². The van der Waals surface area contributed by atoms with E-state index in [1.165, 1.54) is 17.1 Å². The lowest BCUT2D eigenvalue weighted by Crippen LogP contribution is -1.84. The normalized spacial score (nSPS) is 12.7. The molecule has 2 aromatic rings. The largest absolute Gasteiger partial charge is 0.138 e. The first-order valence-corrected chi connectivity index (χ1v) is 6.04. The molecule has 0 amide bonds. The SMILES string of the molecule is CC(Br)c1ccc(-c2csnn2)cc1. The van der Waals surface area contributed by atoms with Gasteiger partial charge in [0.2, 0.25) is 0 Å². The number of hydrogen-bond acceptors (Lipinski definition) is 3. The molecular weight excluding hydrogens is 260 g/mol. The van der Waals surface area contributed by atoms with E-state index in [0.717, 1.165) is 11.3 Å². The lowest BCUT2D eigenvalue weighted by atomic mass is 10.1. The molecule has 0 spiro atoms. The van der Waals surface area contributed by atoms with Crippen molar-refractivity contribution >= 4 is 27.5 Å². The number of rotatable bonds is 2. The van der Waals surface area contributed by atoms with Gasteiger partial charge in [0.1, 0.15) is 5.69 Å². The van der Waals surface area contributed by atoms with Crippen molar-refractivity contribution in [3.63, 3.8) is 0 Å². The number of halogens is 1. The van der Waals surface area contributed by atoms with E-state index in [1.807, 2.05) is 5.38 Å². The molecule has 0 bridgehead atoms. The summed E-state index contributed by atoms with van der Waals surface area (Å²) >= 11 is 4.90. The Balaban J connectivity index is 2.31. The quantitative estimate of drug-likeness (QED) is 0.777. The van der Waals surface area contributed by atoms with E-state index in [9.17, 15) is 0 Å². The van der Waals surface area contributed by atoms with Crippen LogP contribution in [0.4, 0.5) is 0 Å². The summed E-state index contributed by atoms with van der Waals surface area (Å²) in [5.41, 5.74) is 3.34. The highest BCUT2D eigenvalue weighted by atomic mass is 79.9. The van der Waals surface area contributed by atoms with Gasteiger partial charge in [0.25, 0.3) is 0 Å². The third kappa shape index (κ3) is 2.01. The monoisotopic (exact) mass is 268 g/mol. The fourth-order valence-corrected chi connectivity index (χ4v) is 1.98. The van der Waals surface area contributed by atoms with Crippen LogP contribution in [0, 0.1) is 0 Å². The van der Waals surface area contributed by atoms with Gasteiger partial charge in [-0.3, -0.25) is 0 Å². The molecule has 2 rings (SSSR count). The standard InChI is InChI=1S/C10H9BrN2S/c1-7(11)8-2-4-9(5-3-8)10-6-14-13-12-10/h2-7H,1H3. The average molecular weight is 269 g/mol. The summed E-state index contributed by atoms with van der Waals surface area (Å²) in [7, 11) is 0. The molecule has 0 aliphatic rings. The third-order valence-corrected chi connectivity index (χ3v) is 3.06. The lowest BCUT2D eigenvalue weighted by Gasteiger charge is -2.03. The van der Waals surface area contributed by atoms with Gasteiger partial charge in [-0.05, 0) is 24.0 Å². The minimum Gasteiger partial charge on any atom is -0.138 e. The van der Waals surface area contributed by atoms with Crippen LogP contribution in [0.2, 0.25) is 0 Å². The van der Waals surface area contributed by atoms with Gasteiger partial charge in [0, 0.05) is 15.8 Å². The van der Waals surface area contributed by atoms with Gasteiger partial charge in [-0.25, -0.2) is 0 Å². The van der Waals surface area contributed by atoms with Crippen LogP contribution in [0.5, 0.6) is 0 Å². The molecule has 0 aliphatic heterocycles. The maximum absolute atomic E-state index is 4.02. The molecule has 1 aromatic heterocycles. The van der Waals surface area contributed by atoms with Crippen LogP contribution in [-0.4, -0.2) is 9.59 Å². The fourth-order valence-electron chi connectivity index (χ4n) is 1.21. The van der Waals surface area contributed by atoms with Gasteiger partial charge < -0.3 is 0 Å². The van der Waals surface area contributed by atoms with Crippen LogP contribution in [-0.2, 0) is 0 Å². The Morgan fingerprint density at radius 3 is 2.50 bits per heavy atom. The van der Waals surface area contributed by atoms with Crippen LogP contribution in [0.3, 0.4) is 0 Å². The Morgan fingerprint density at radius 1 is 1.29 bits per heavy atom. The molecule has 1 heterocycles. The zero-order chi connectivity index (χ0) is 9.97. The van der Waals surface area contributed by atoms with Crippen molar-refractivity contribution in [2.75, 3.05) is 0 Å². The zero-order valence-electron chi connectivity index (χ0n) is 7.64. The molecule has 1 aromatic carbocycles. The molecule has 0 aliphatic carbocycles. The first-order valence-electron chi connectivity index (χ1n) is 4.29. The van der Waals surface area contributed by atoms with Crippen LogP contribution in [0.15, 0.2) is 29.6 Å². The first-order chi connectivity index (χ1) is 6.77. The topological polar surface area (TPSA) is 25.8 Å². The van der Waals surface area contributed by atoms with Crippen LogP contribution >= 0.6 is 27.5 Å². The Morgan fingerprint density at radius 2 is 2.00 bits per heavy atom. The van der Waals surface area contributed by atoms with Crippen molar-refractivity contribution in [2.24, 2.45) is 0 Å². The second-order valence-electron chi connectivity index (χ2n) is 3.03. The highest BCUT2D eigenvalue weighted by Gasteiger charge is 2.03. The predicted molar refractivity (Wildman–Crippen MR) is 62.7 cm³/mol. The third-order valence-electron chi connectivity index (χ3n) is 2.03. The average Bonchev–Trinajstić information content (AvgIpc) is 2.71. The van der Waals surface area contributed by atoms with Crippen LogP contribution < -0.4 is 0 Å². The van der Waals surface area contributed by atoms with Crippen molar-refractivity contribution in [1.82, 2.24) is 9.59 Å². The van der Waals surface area contributed by atoms with Crippen LogP contribution in [0.1, 0.15) is 17.3 Å². The first kappa shape index (κ1) is 9.80. The van der Waals surface area contributed by atoms with Crippen molar-refractivity contribution < 1.29 is 0 Å². The molecule has 72 valence electrons. The van der Waals surface area contributed by atoms with E-state index < -0.39 is 0 Å². The van der Waals surface area contributed by atoms with Gasteiger partial charge in [-0.15, -0.1) is 5.10 Å². The molecule has 0 N–H and O–H groups in total. The van der Waals surface area contributed by atoms with E-state index in [0.29, 0.717) is 4.83 Å². The summed E-state index contributed by atoms with van der Waals surface area (Å²) in [5.74, 6) is 0. The molecule has 0 fully saturated rings. The van der Waals surface area contributed by atoms with Gasteiger partial charge in [-0.1, -0.05) is 44.7 Å². The van der Waals surface area contributed by atoms with Gasteiger partial charge in [0.05, 0.1) is 0 Å². The molecule has 4 heteroatoms. The molecular formula is C10H9BrN2S. The lowest BCUT2D eigenvalue weighted by molar-refractivity contribution is 1.12. The van der Waals surface area contributed by atoms with Gasteiger partial charge >= 0.3 is 0 Å². The van der Waals surface area contributed by atoms with E-state index >= 15 is 0 Å². The van der Waals surface area contributed by atoms with Crippen molar-refractivity contribution in [3.8, 4) is 11.3 Å². The molecule has 0 saturated heterocycles. The summed E-state index contributed by atoms with van der Waals surface area (Å²) in [4.78, 5) is 0.394. The van der Waals surface area contributed by atoms with E-state index in [4.69, 9.17) is 0 Å². The van der Waals surface area contributed by atoms with Crippen molar-refractivity contribution in [2.45, 2.75) is 11.8 Å². The molecule has 0 radical (unpaired) electrons. The fraction of sp³-hybridized carbons (Fsp3) is 0.200. The summed E-state index contributed by atoms with van der Waals surface area (Å²) in [6.45, 7) is 2.11. The maximum atomic E-state index is 4.02. The van der Waals surface area contributed by atoms with Crippen molar-refractivity contribution in [3.05, 3.63) is 35.2 Å². The second-order valence-corrected chi connectivity index (χ2v) is 5.01. The highest BCUT2D eigenvalue weighted by Crippen LogP contribution is 2.24. The Labute approximate surface area is 95.3 Å². The summed E-state index contributed by atoms with van der Waals surface area (Å²) < 4.78 is 3.84. The maximum Gasteiger partial charge on any atom is 0.105 e. The van der Waals surface area contributed by atoms with E-state index in [-0.39, 0.29) is 0 Å². The molecule has 2 nitrogen and oxygen atoms in total. The number of hydrogen-bond donors (Lipinski definition) is 0. The Bertz CT molecular complexity index is 395. The van der Waals surface area contributed by atoms with E-state index in [1.54, 1.807) is 0 Å². The smallest absolute Gasteiger partial charge is 0.105 e. The van der Waals surface area contributed by atoms with E-state index in [2.05, 4.69) is 56.7 Å². The summed E-state index contributed by atoms with van der Waals surface area (Å²) in [5, 5.41) is 5.97. The van der Waals surface area contributed by atoms with Gasteiger partial charge in [-0.2, -0.15) is 0 Å². The highest BCUT2D eigenvalue weighted by molar-refractivity contribution is 9.09. The molecule has 1 atom stereocenters. The van der Waals surface area contributed by atoms with Crippen LogP contribution in [0.25, 0.3) is 11.3 Å². The molecule has 0 saturated carbocycles. The minimum absolute atomic E-state index is 0.394. The number of nitrogens with zero attached hydrogens (tertiary/aromatic N) is 2. The predicted octanol–water partition coefficient (Wildman–Crippen LogP) is 3.66. The summed E-state index contributed by atoms with van der Waals surface area (Å²) in [6, 6.07) is 8.36.